The number of hydrogen-bond acceptors (Lipinski definition) is 2. The van der Waals surface area contributed by atoms with Crippen LogP contribution in [0.25, 0.3) is 176 Å². The molecule has 6 aromatic heterocycles. The number of pyridine rings is 2. The molecule has 8 saturated carbocycles. The summed E-state index contributed by atoms with van der Waals surface area (Å²) in [5, 5.41) is 14.9. The van der Waals surface area contributed by atoms with Crippen LogP contribution in [0.1, 0.15) is 86.5 Å². The predicted octanol–water partition coefficient (Wildman–Crippen LogP) is 27.6. The smallest absolute Gasteiger partial charge is 0.0556 e. The summed E-state index contributed by atoms with van der Waals surface area (Å²) in [6.45, 7) is 0. The second kappa shape index (κ2) is 23.9. The number of aromatic nitrogens is 6. The first-order valence-corrected chi connectivity index (χ1v) is 42.7. The minimum absolute atomic E-state index is 0.146. The molecular formula is C110H82N6. The Morgan fingerprint density at radius 1 is 0.224 bits per heavy atom. The van der Waals surface area contributed by atoms with Crippen molar-refractivity contribution >= 4 is 109 Å². The van der Waals surface area contributed by atoms with Crippen molar-refractivity contribution in [2.45, 2.75) is 75.0 Å². The van der Waals surface area contributed by atoms with Gasteiger partial charge in [-0.25, -0.2) is 0 Å². The lowest BCUT2D eigenvalue weighted by Crippen LogP contribution is -2.55. The lowest BCUT2D eigenvalue weighted by molar-refractivity contribution is -0.0399. The highest BCUT2D eigenvalue weighted by molar-refractivity contribution is 6.16. The summed E-state index contributed by atoms with van der Waals surface area (Å²) in [6, 6.07) is 115. The van der Waals surface area contributed by atoms with E-state index in [-0.39, 0.29) is 10.8 Å². The molecule has 0 saturated heterocycles. The maximum absolute atomic E-state index is 4.51. The van der Waals surface area contributed by atoms with Crippen LogP contribution in [0.2, 0.25) is 0 Å². The van der Waals surface area contributed by atoms with E-state index in [0.29, 0.717) is 0 Å². The van der Waals surface area contributed by atoms with E-state index in [4.69, 9.17) is 0 Å². The van der Waals surface area contributed by atoms with E-state index < -0.39 is 0 Å². The Kier molecular flexibility index (Phi) is 13.3. The van der Waals surface area contributed by atoms with Gasteiger partial charge in [0.15, 0.2) is 0 Å². The molecular weight excluding hydrogens is 1410 g/mol. The molecule has 10 aliphatic rings. The van der Waals surface area contributed by atoms with Crippen molar-refractivity contribution in [1.29, 1.82) is 0 Å². The van der Waals surface area contributed by atoms with Gasteiger partial charge in [-0.2, -0.15) is 0 Å². The van der Waals surface area contributed by atoms with Crippen molar-refractivity contribution in [2.75, 3.05) is 0 Å². The van der Waals surface area contributed by atoms with E-state index in [1.165, 1.54) is 224 Å². The molecule has 8 bridgehead atoms. The molecule has 0 aliphatic heterocycles. The highest BCUT2D eigenvalue weighted by atomic mass is 15.0. The van der Waals surface area contributed by atoms with Crippen molar-refractivity contribution in [1.82, 2.24) is 28.2 Å². The van der Waals surface area contributed by atoms with Crippen molar-refractivity contribution in [3.05, 3.63) is 350 Å². The molecule has 6 heteroatoms. The van der Waals surface area contributed by atoms with Gasteiger partial charge in [0.05, 0.1) is 55.5 Å². The number of rotatable bonds is 6. The molecule has 2 spiro atoms. The third-order valence-corrected chi connectivity index (χ3v) is 30.7. The zero-order valence-corrected chi connectivity index (χ0v) is 64.6. The first-order chi connectivity index (χ1) is 57.4. The van der Waals surface area contributed by atoms with E-state index in [1.807, 2.05) is 24.8 Å². The lowest BCUT2D eigenvalue weighted by atomic mass is 9.43. The Morgan fingerprint density at radius 3 is 1.01 bits per heavy atom. The molecule has 14 aromatic carbocycles. The van der Waals surface area contributed by atoms with Crippen molar-refractivity contribution in [3.63, 3.8) is 0 Å². The largest absolute Gasteiger partial charge is 0.309 e. The molecule has 0 radical (unpaired) electrons. The minimum atomic E-state index is 0.146. The summed E-state index contributed by atoms with van der Waals surface area (Å²) in [4.78, 5) is 8.92. The Labute approximate surface area is 672 Å². The molecule has 10 aliphatic carbocycles. The molecule has 0 N–H and O–H groups in total. The number of fused-ring (bicyclic) bond motifs is 20. The third-order valence-electron chi connectivity index (χ3n) is 30.7. The van der Waals surface area contributed by atoms with E-state index in [2.05, 4.69) is 332 Å². The van der Waals surface area contributed by atoms with Gasteiger partial charge >= 0.3 is 0 Å². The van der Waals surface area contributed by atoms with Crippen LogP contribution in [-0.2, 0) is 10.8 Å². The molecule has 30 rings (SSSR count). The van der Waals surface area contributed by atoms with Gasteiger partial charge in [0.2, 0.25) is 0 Å². The van der Waals surface area contributed by atoms with Crippen molar-refractivity contribution in [2.24, 2.45) is 47.3 Å². The quantitative estimate of drug-likeness (QED) is 0.167. The highest BCUT2D eigenvalue weighted by Gasteiger charge is 2.63. The minimum Gasteiger partial charge on any atom is -0.309 e. The van der Waals surface area contributed by atoms with Crippen molar-refractivity contribution in [3.8, 4) is 67.3 Å². The van der Waals surface area contributed by atoms with Gasteiger partial charge in [-0.05, 0) is 305 Å². The van der Waals surface area contributed by atoms with Gasteiger partial charge < -0.3 is 18.3 Å². The monoisotopic (exact) mass is 1490 g/mol. The maximum atomic E-state index is 4.51. The lowest BCUT2D eigenvalue weighted by Gasteiger charge is -2.61. The molecule has 552 valence electrons. The fourth-order valence-electron chi connectivity index (χ4n) is 26.8. The second-order valence-electron chi connectivity index (χ2n) is 36.0. The summed E-state index contributed by atoms with van der Waals surface area (Å²) < 4.78 is 9.95. The Morgan fingerprint density at radius 2 is 0.569 bits per heavy atom. The van der Waals surface area contributed by atoms with Crippen LogP contribution in [0.15, 0.2) is 328 Å². The zero-order chi connectivity index (χ0) is 75.4. The number of para-hydroxylation sites is 4. The fourth-order valence-corrected chi connectivity index (χ4v) is 26.8. The zero-order valence-electron chi connectivity index (χ0n) is 64.6. The van der Waals surface area contributed by atoms with Crippen molar-refractivity contribution < 1.29 is 0 Å². The Balaban J connectivity index is 0.000000124. The number of benzene rings is 14. The van der Waals surface area contributed by atoms with Crippen LogP contribution >= 0.6 is 0 Å². The molecule has 6 nitrogen and oxygen atoms in total. The molecule has 0 unspecified atom stereocenters. The average Bonchev–Trinajstić information content (AvgIpc) is 1.49. The molecule has 0 amide bonds. The Bertz CT molecular complexity index is 7140. The Hall–Kier alpha value is -12.9. The molecule has 116 heavy (non-hydrogen) atoms. The van der Waals surface area contributed by atoms with E-state index >= 15 is 0 Å². The normalized spacial score (nSPS) is 22.9. The summed E-state index contributed by atoms with van der Waals surface area (Å²) in [5.41, 5.74) is 32.4. The molecule has 0 atom stereocenters. The summed E-state index contributed by atoms with van der Waals surface area (Å²) in [5.74, 6) is 6.71. The fraction of sp³-hybridized carbons (Fsp3) is 0.182. The van der Waals surface area contributed by atoms with Gasteiger partial charge in [-0.15, -0.1) is 0 Å². The highest BCUT2D eigenvalue weighted by Crippen LogP contribution is 2.71. The summed E-state index contributed by atoms with van der Waals surface area (Å²) in [6.07, 6.45) is 21.9. The van der Waals surface area contributed by atoms with Gasteiger partial charge in [-0.1, -0.05) is 182 Å². The first kappa shape index (κ1) is 64.5. The van der Waals surface area contributed by atoms with E-state index in [0.717, 1.165) is 63.8 Å². The van der Waals surface area contributed by atoms with Gasteiger partial charge in [0.25, 0.3) is 0 Å². The number of hydrogen-bond donors (Lipinski definition) is 0. The van der Waals surface area contributed by atoms with Gasteiger partial charge in [0, 0.05) is 106 Å². The van der Waals surface area contributed by atoms with Crippen LogP contribution in [0, 0.1) is 47.3 Å². The molecule has 20 aromatic rings. The van der Waals surface area contributed by atoms with Gasteiger partial charge in [0.1, 0.15) is 0 Å². The number of nitrogens with zero attached hydrogens (tertiary/aromatic N) is 6. The van der Waals surface area contributed by atoms with Crippen LogP contribution in [0.3, 0.4) is 0 Å². The molecule has 8 fully saturated rings. The third kappa shape index (κ3) is 8.71. The van der Waals surface area contributed by atoms with E-state index in [9.17, 15) is 0 Å². The summed E-state index contributed by atoms with van der Waals surface area (Å²) in [7, 11) is 0. The topological polar surface area (TPSA) is 45.5 Å². The van der Waals surface area contributed by atoms with Crippen LogP contribution in [0.4, 0.5) is 0 Å². The van der Waals surface area contributed by atoms with Crippen LogP contribution in [0.5, 0.6) is 0 Å². The van der Waals surface area contributed by atoms with Gasteiger partial charge in [-0.3, -0.25) is 9.97 Å². The standard InChI is InChI=1S/2C55H41N3/c1-4-12-48-42(9-1)43-19-18-40(31-49(43)55(48)38-25-33-24-34(27-38)28-39(55)26-33)57-51-13-5-2-10-44(51)46-29-35(16-20-53(46)57)36-17-21-54-47(30-36)45-11-3-6-14-52(45)58(54)50-15-7-8-37-32-56-23-22-41(37)50;1-4-12-48-41(9-1)42-19-18-40(31-49(42)55(48)38-25-33-24-34(27-38)28-39(55)26-33)57-50-13-5-2-10-43(50)45-29-36(16-20-53(45)57)37-17-21-54-46(30-37)44-11-3-6-14-51(44)58(54)52-15-7-8-35-22-23-56-32-47(35)52/h2*1-23,29-34,38-39H,24-28H2. The SMILES string of the molecule is c1ccc2c(c1)-c1ccc(-n3c4ccccc4c4cc(-c5ccc6c(c5)c5ccccc5n6-c5cccc6ccncc56)ccc43)cc1C21C2CC3CC(C2)CC1C3.c1ccc2c(c1)-c1ccc(-n3c4ccccc4c4cc(-c5ccc6c(c5)c5ccccc5n6-c5cccc6cnccc56)ccc43)cc1C21C2CC3CC(C2)CC1C3. The van der Waals surface area contributed by atoms with E-state index in [1.54, 1.807) is 22.3 Å². The van der Waals surface area contributed by atoms with Crippen LogP contribution in [-0.4, -0.2) is 28.2 Å². The first-order valence-electron chi connectivity index (χ1n) is 42.7. The predicted molar refractivity (Wildman–Crippen MR) is 478 cm³/mol. The van der Waals surface area contributed by atoms with Crippen LogP contribution < -0.4 is 0 Å². The maximum Gasteiger partial charge on any atom is 0.0556 e. The molecule has 6 heterocycles. The second-order valence-corrected chi connectivity index (χ2v) is 36.0. The average molecular weight is 1490 g/mol. The summed E-state index contributed by atoms with van der Waals surface area (Å²) >= 11 is 0.